The van der Waals surface area contributed by atoms with E-state index in [1.54, 1.807) is 12.0 Å². The minimum atomic E-state index is -0.231. The fraction of sp³-hybridized carbons (Fsp3) is 0.846. The van der Waals surface area contributed by atoms with E-state index in [9.17, 15) is 9.59 Å². The molecule has 108 valence electrons. The van der Waals surface area contributed by atoms with E-state index in [2.05, 4.69) is 5.32 Å². The van der Waals surface area contributed by atoms with Gasteiger partial charge in [-0.2, -0.15) is 0 Å². The molecule has 19 heavy (non-hydrogen) atoms. The lowest BCUT2D eigenvalue weighted by Crippen LogP contribution is -2.36. The highest BCUT2D eigenvalue weighted by atomic mass is 16.5. The van der Waals surface area contributed by atoms with Crippen LogP contribution in [0.2, 0.25) is 0 Å². The highest BCUT2D eigenvalue weighted by molar-refractivity contribution is 5.89. The van der Waals surface area contributed by atoms with E-state index in [1.165, 1.54) is 0 Å². The van der Waals surface area contributed by atoms with Crippen LogP contribution >= 0.6 is 0 Å². The van der Waals surface area contributed by atoms with Crippen LogP contribution in [0.5, 0.6) is 0 Å². The predicted octanol–water partition coefficient (Wildman–Crippen LogP) is -0.223. The third-order valence-corrected chi connectivity index (χ3v) is 3.64. The van der Waals surface area contributed by atoms with Crippen LogP contribution in [0.15, 0.2) is 0 Å². The van der Waals surface area contributed by atoms with Crippen molar-refractivity contribution in [2.24, 2.45) is 5.92 Å². The van der Waals surface area contributed by atoms with Crippen LogP contribution in [-0.2, 0) is 19.1 Å². The number of carbonyl (C=O) groups excluding carboxylic acids is 2. The molecule has 2 heterocycles. The number of methoxy groups -OCH3 is 1. The first-order valence-electron chi connectivity index (χ1n) is 6.86. The molecule has 6 nitrogen and oxygen atoms in total. The lowest BCUT2D eigenvalue weighted by molar-refractivity contribution is -0.129. The normalized spacial score (nSPS) is 27.0. The Morgan fingerprint density at radius 3 is 3.11 bits per heavy atom. The van der Waals surface area contributed by atoms with Gasteiger partial charge < -0.3 is 19.7 Å². The largest absolute Gasteiger partial charge is 0.383 e. The van der Waals surface area contributed by atoms with Crippen molar-refractivity contribution in [1.82, 2.24) is 10.2 Å². The van der Waals surface area contributed by atoms with Gasteiger partial charge in [-0.05, 0) is 12.8 Å². The summed E-state index contributed by atoms with van der Waals surface area (Å²) in [5, 5.41) is 2.79. The van der Waals surface area contributed by atoms with Gasteiger partial charge >= 0.3 is 0 Å². The number of amides is 2. The molecule has 2 aliphatic rings. The van der Waals surface area contributed by atoms with Gasteiger partial charge in [-0.3, -0.25) is 9.59 Å². The van der Waals surface area contributed by atoms with Gasteiger partial charge in [0.15, 0.2) is 0 Å². The molecule has 2 unspecified atom stereocenters. The number of hydrogen-bond donors (Lipinski definition) is 1. The number of rotatable bonds is 6. The minimum absolute atomic E-state index is 0.0553. The molecule has 0 aromatic carbocycles. The second-order valence-corrected chi connectivity index (χ2v) is 5.12. The fourth-order valence-corrected chi connectivity index (χ4v) is 2.58. The smallest absolute Gasteiger partial charge is 0.225 e. The fourth-order valence-electron chi connectivity index (χ4n) is 2.58. The molecule has 2 rings (SSSR count). The zero-order valence-electron chi connectivity index (χ0n) is 11.4. The second kappa shape index (κ2) is 6.86. The number of nitrogens with zero attached hydrogens (tertiary/aromatic N) is 1. The van der Waals surface area contributed by atoms with Gasteiger partial charge in [-0.15, -0.1) is 0 Å². The number of likely N-dealkylation sites (tertiary alicyclic amines) is 1. The molecular weight excluding hydrogens is 248 g/mol. The highest BCUT2D eigenvalue weighted by Crippen LogP contribution is 2.21. The summed E-state index contributed by atoms with van der Waals surface area (Å²) in [6, 6.07) is 0. The Morgan fingerprint density at radius 1 is 1.58 bits per heavy atom. The van der Waals surface area contributed by atoms with Crippen molar-refractivity contribution in [3.8, 4) is 0 Å². The molecule has 0 aliphatic carbocycles. The SMILES string of the molecule is COCCNC(=O)C1CC(=O)N(CC2CCCO2)C1. The molecular formula is C13H22N2O4. The van der Waals surface area contributed by atoms with Gasteiger partial charge in [0.25, 0.3) is 0 Å². The Hall–Kier alpha value is -1.14. The molecule has 0 spiro atoms. The highest BCUT2D eigenvalue weighted by Gasteiger charge is 2.35. The van der Waals surface area contributed by atoms with Gasteiger partial charge in [0.2, 0.25) is 11.8 Å². The standard InChI is InChI=1S/C13H22N2O4/c1-18-6-4-14-13(17)10-7-12(16)15(8-10)9-11-3-2-5-19-11/h10-11H,2-9H2,1H3,(H,14,17). The zero-order valence-corrected chi connectivity index (χ0v) is 11.4. The molecule has 2 fully saturated rings. The number of hydrogen-bond acceptors (Lipinski definition) is 4. The van der Waals surface area contributed by atoms with Gasteiger partial charge in [0.1, 0.15) is 0 Å². The maximum Gasteiger partial charge on any atom is 0.225 e. The summed E-state index contributed by atoms with van der Waals surface area (Å²) in [5.74, 6) is -0.228. The van der Waals surface area contributed by atoms with Crippen molar-refractivity contribution in [2.75, 3.05) is 40.0 Å². The van der Waals surface area contributed by atoms with Crippen LogP contribution in [0.4, 0.5) is 0 Å². The third kappa shape index (κ3) is 3.91. The molecule has 0 saturated carbocycles. The second-order valence-electron chi connectivity index (χ2n) is 5.12. The van der Waals surface area contributed by atoms with E-state index in [4.69, 9.17) is 9.47 Å². The van der Waals surface area contributed by atoms with E-state index >= 15 is 0 Å². The summed E-state index contributed by atoms with van der Waals surface area (Å²) in [6.07, 6.45) is 2.53. The van der Waals surface area contributed by atoms with Crippen LogP contribution in [-0.4, -0.2) is 62.8 Å². The Bertz CT molecular complexity index is 329. The average molecular weight is 270 g/mol. The van der Waals surface area contributed by atoms with Crippen molar-refractivity contribution in [1.29, 1.82) is 0 Å². The monoisotopic (exact) mass is 270 g/mol. The number of nitrogens with one attached hydrogen (secondary N) is 1. The number of carbonyl (C=O) groups is 2. The van der Waals surface area contributed by atoms with Crippen molar-refractivity contribution in [2.45, 2.75) is 25.4 Å². The molecule has 2 saturated heterocycles. The van der Waals surface area contributed by atoms with Crippen molar-refractivity contribution >= 4 is 11.8 Å². The summed E-state index contributed by atoms with van der Waals surface area (Å²) in [5.41, 5.74) is 0. The lowest BCUT2D eigenvalue weighted by atomic mass is 10.1. The Labute approximate surface area is 113 Å². The van der Waals surface area contributed by atoms with Gasteiger partial charge in [-0.1, -0.05) is 0 Å². The van der Waals surface area contributed by atoms with E-state index in [0.717, 1.165) is 19.4 Å². The van der Waals surface area contributed by atoms with E-state index in [-0.39, 0.29) is 23.8 Å². The molecule has 0 radical (unpaired) electrons. The summed E-state index contributed by atoms with van der Waals surface area (Å²) < 4.78 is 10.4. The van der Waals surface area contributed by atoms with E-state index in [0.29, 0.717) is 32.7 Å². The maximum atomic E-state index is 11.9. The van der Waals surface area contributed by atoms with Crippen molar-refractivity contribution in [3.05, 3.63) is 0 Å². The van der Waals surface area contributed by atoms with E-state index < -0.39 is 0 Å². The first-order chi connectivity index (χ1) is 9.20. The molecule has 0 aromatic heterocycles. The Morgan fingerprint density at radius 2 is 2.42 bits per heavy atom. The van der Waals surface area contributed by atoms with Crippen LogP contribution in [0.3, 0.4) is 0 Å². The van der Waals surface area contributed by atoms with Gasteiger partial charge in [0.05, 0.1) is 18.6 Å². The summed E-state index contributed by atoms with van der Waals surface area (Å²) in [4.78, 5) is 25.5. The predicted molar refractivity (Wildman–Crippen MR) is 68.5 cm³/mol. The summed E-state index contributed by atoms with van der Waals surface area (Å²) in [6.45, 7) is 2.91. The first kappa shape index (κ1) is 14.3. The quantitative estimate of drug-likeness (QED) is 0.677. The number of ether oxygens (including phenoxy) is 2. The molecule has 1 N–H and O–H groups in total. The molecule has 0 aromatic rings. The van der Waals surface area contributed by atoms with Crippen LogP contribution < -0.4 is 5.32 Å². The Balaban J connectivity index is 1.76. The topological polar surface area (TPSA) is 67.9 Å². The summed E-state index contributed by atoms with van der Waals surface area (Å²) in [7, 11) is 1.59. The van der Waals surface area contributed by atoms with Crippen LogP contribution in [0.1, 0.15) is 19.3 Å². The zero-order chi connectivity index (χ0) is 13.7. The van der Waals surface area contributed by atoms with Crippen LogP contribution in [0.25, 0.3) is 0 Å². The van der Waals surface area contributed by atoms with Crippen molar-refractivity contribution in [3.63, 3.8) is 0 Å². The van der Waals surface area contributed by atoms with Gasteiger partial charge in [0, 0.05) is 39.8 Å². The molecule has 2 aliphatic heterocycles. The Kier molecular flexibility index (Phi) is 5.15. The maximum absolute atomic E-state index is 11.9. The lowest BCUT2D eigenvalue weighted by Gasteiger charge is -2.20. The third-order valence-electron chi connectivity index (χ3n) is 3.64. The van der Waals surface area contributed by atoms with Crippen LogP contribution in [0, 0.1) is 5.92 Å². The first-order valence-corrected chi connectivity index (χ1v) is 6.86. The molecule has 2 amide bonds. The molecule has 2 atom stereocenters. The molecule has 0 bridgehead atoms. The molecule has 6 heteroatoms. The van der Waals surface area contributed by atoms with Gasteiger partial charge in [-0.25, -0.2) is 0 Å². The average Bonchev–Trinajstić information content (AvgIpc) is 3.01. The summed E-state index contributed by atoms with van der Waals surface area (Å²) >= 11 is 0. The van der Waals surface area contributed by atoms with E-state index in [1.807, 2.05) is 0 Å². The van der Waals surface area contributed by atoms with Crippen molar-refractivity contribution < 1.29 is 19.1 Å². The minimum Gasteiger partial charge on any atom is -0.383 e.